The van der Waals surface area contributed by atoms with E-state index in [9.17, 15) is 22.4 Å². The van der Waals surface area contributed by atoms with Crippen LogP contribution in [0.3, 0.4) is 0 Å². The number of carboxylic acid groups (broad SMARTS) is 1. The Kier molecular flexibility index (Phi) is 3.78. The molecule has 0 radical (unpaired) electrons. The highest BCUT2D eigenvalue weighted by Gasteiger charge is 2.36. The number of piperazine rings is 1. The molecule has 1 aliphatic rings. The molecule has 0 unspecified atom stereocenters. The molecule has 1 aromatic carbocycles. The highest BCUT2D eigenvalue weighted by molar-refractivity contribution is 5.93. The van der Waals surface area contributed by atoms with Gasteiger partial charge in [-0.15, -0.1) is 0 Å². The fourth-order valence-electron chi connectivity index (χ4n) is 3.11. The molecule has 1 N–H and O–H groups in total. The third-order valence-corrected chi connectivity index (χ3v) is 4.44. The minimum atomic E-state index is -4.85. The van der Waals surface area contributed by atoms with Crippen molar-refractivity contribution in [2.24, 2.45) is 0 Å². The fraction of sp³-hybridized carbons (Fsp3) is 0.333. The summed E-state index contributed by atoms with van der Waals surface area (Å²) in [6, 6.07) is 1.73. The largest absolute Gasteiger partial charge is 0.465 e. The molecular weight excluding hydrogens is 372 g/mol. The summed E-state index contributed by atoms with van der Waals surface area (Å²) >= 11 is 0. The number of alkyl halides is 3. The van der Waals surface area contributed by atoms with Gasteiger partial charge in [-0.1, -0.05) is 0 Å². The second kappa shape index (κ2) is 5.93. The quantitative estimate of drug-likeness (QED) is 0.648. The van der Waals surface area contributed by atoms with Gasteiger partial charge >= 0.3 is 12.3 Å². The van der Waals surface area contributed by atoms with Crippen molar-refractivity contribution in [3.63, 3.8) is 0 Å². The van der Waals surface area contributed by atoms with Crippen molar-refractivity contribution >= 4 is 28.6 Å². The molecule has 12 heteroatoms. The van der Waals surface area contributed by atoms with E-state index in [1.807, 2.05) is 0 Å². The SMILES string of the molecule is O=C(O)N1CCN(c2nc3ccc(C(F)(F)F)c(F)c3c3ncnn23)CC1. The number of hydrogen-bond donors (Lipinski definition) is 1. The van der Waals surface area contributed by atoms with Crippen LogP contribution in [-0.2, 0) is 6.18 Å². The second-order valence-corrected chi connectivity index (χ2v) is 5.98. The highest BCUT2D eigenvalue weighted by Crippen LogP contribution is 2.35. The molecule has 27 heavy (non-hydrogen) atoms. The number of nitrogens with zero attached hydrogens (tertiary/aromatic N) is 6. The summed E-state index contributed by atoms with van der Waals surface area (Å²) in [4.78, 5) is 22.2. The lowest BCUT2D eigenvalue weighted by molar-refractivity contribution is -0.139. The monoisotopic (exact) mass is 384 g/mol. The van der Waals surface area contributed by atoms with Crippen LogP contribution in [0.15, 0.2) is 18.5 Å². The Labute approximate surface area is 148 Å². The fourth-order valence-corrected chi connectivity index (χ4v) is 3.11. The molecule has 0 saturated carbocycles. The lowest BCUT2D eigenvalue weighted by atomic mass is 10.1. The Morgan fingerprint density at radius 2 is 1.85 bits per heavy atom. The van der Waals surface area contributed by atoms with Gasteiger partial charge in [-0.25, -0.2) is 19.2 Å². The molecule has 142 valence electrons. The van der Waals surface area contributed by atoms with Crippen LogP contribution in [0, 0.1) is 5.82 Å². The molecule has 1 fully saturated rings. The molecule has 4 rings (SSSR count). The average molecular weight is 384 g/mol. The minimum absolute atomic E-state index is 0.0108. The smallest absolute Gasteiger partial charge is 0.419 e. The Morgan fingerprint density at radius 3 is 2.48 bits per heavy atom. The first-order valence-corrected chi connectivity index (χ1v) is 7.89. The van der Waals surface area contributed by atoms with E-state index >= 15 is 0 Å². The van der Waals surface area contributed by atoms with Crippen molar-refractivity contribution in [1.29, 1.82) is 0 Å². The molecule has 8 nitrogen and oxygen atoms in total. The molecule has 2 aromatic heterocycles. The van der Waals surface area contributed by atoms with E-state index in [0.29, 0.717) is 19.2 Å². The number of fused-ring (bicyclic) bond motifs is 3. The molecule has 0 spiro atoms. The summed E-state index contributed by atoms with van der Waals surface area (Å²) in [5.74, 6) is -1.19. The van der Waals surface area contributed by atoms with Gasteiger partial charge in [-0.05, 0) is 12.1 Å². The number of rotatable bonds is 1. The van der Waals surface area contributed by atoms with Gasteiger partial charge in [-0.3, -0.25) is 0 Å². The maximum absolute atomic E-state index is 14.6. The molecule has 0 aliphatic carbocycles. The number of carbonyl (C=O) groups is 1. The first kappa shape index (κ1) is 17.2. The van der Waals surface area contributed by atoms with Gasteiger partial charge < -0.3 is 14.9 Å². The number of amides is 1. The zero-order valence-electron chi connectivity index (χ0n) is 13.6. The van der Waals surface area contributed by atoms with Gasteiger partial charge in [0.15, 0.2) is 5.65 Å². The van der Waals surface area contributed by atoms with Crippen LogP contribution in [0.4, 0.5) is 28.3 Å². The van der Waals surface area contributed by atoms with Crippen LogP contribution in [0.25, 0.3) is 16.6 Å². The summed E-state index contributed by atoms with van der Waals surface area (Å²) in [6.07, 6.45) is -4.78. The third-order valence-electron chi connectivity index (χ3n) is 4.44. The van der Waals surface area contributed by atoms with Crippen molar-refractivity contribution in [2.75, 3.05) is 31.1 Å². The van der Waals surface area contributed by atoms with Gasteiger partial charge in [-0.2, -0.15) is 22.8 Å². The lowest BCUT2D eigenvalue weighted by Crippen LogP contribution is -2.49. The summed E-state index contributed by atoms with van der Waals surface area (Å²) in [5, 5.41) is 12.6. The second-order valence-electron chi connectivity index (χ2n) is 5.98. The lowest BCUT2D eigenvalue weighted by Gasteiger charge is -2.33. The Bertz CT molecular complexity index is 1040. The molecule has 0 atom stereocenters. The molecule has 1 saturated heterocycles. The topological polar surface area (TPSA) is 86.9 Å². The van der Waals surface area contributed by atoms with Gasteiger partial charge in [0.25, 0.3) is 0 Å². The van der Waals surface area contributed by atoms with E-state index in [1.165, 1.54) is 9.42 Å². The molecule has 3 heterocycles. The summed E-state index contributed by atoms with van der Waals surface area (Å²) in [6.45, 7) is 1.07. The van der Waals surface area contributed by atoms with Crippen LogP contribution < -0.4 is 4.90 Å². The summed E-state index contributed by atoms with van der Waals surface area (Å²) < 4.78 is 54.8. The summed E-state index contributed by atoms with van der Waals surface area (Å²) in [5.41, 5.74) is -1.47. The van der Waals surface area contributed by atoms with E-state index in [0.717, 1.165) is 12.4 Å². The molecule has 1 aliphatic heterocycles. The predicted octanol–water partition coefficient (Wildman–Crippen LogP) is 2.24. The van der Waals surface area contributed by atoms with Crippen molar-refractivity contribution < 1.29 is 27.5 Å². The number of aromatic nitrogens is 4. The van der Waals surface area contributed by atoms with Crippen LogP contribution in [0.5, 0.6) is 0 Å². The zero-order valence-corrected chi connectivity index (χ0v) is 13.6. The van der Waals surface area contributed by atoms with Crippen LogP contribution in [0.1, 0.15) is 5.56 Å². The molecule has 0 bridgehead atoms. The Morgan fingerprint density at radius 1 is 1.15 bits per heavy atom. The van der Waals surface area contributed by atoms with Gasteiger partial charge in [0, 0.05) is 26.2 Å². The maximum atomic E-state index is 14.6. The highest BCUT2D eigenvalue weighted by atomic mass is 19.4. The molecule has 1 amide bonds. The third kappa shape index (κ3) is 2.76. The van der Waals surface area contributed by atoms with Crippen molar-refractivity contribution in [1.82, 2.24) is 24.5 Å². The number of anilines is 1. The first-order chi connectivity index (χ1) is 12.8. The van der Waals surface area contributed by atoms with Gasteiger partial charge in [0.2, 0.25) is 5.95 Å². The predicted molar refractivity (Wildman–Crippen MR) is 85.1 cm³/mol. The average Bonchev–Trinajstić information content (AvgIpc) is 3.09. The Hall–Kier alpha value is -3.18. The van der Waals surface area contributed by atoms with E-state index in [1.54, 1.807) is 4.90 Å². The van der Waals surface area contributed by atoms with E-state index in [4.69, 9.17) is 5.11 Å². The van der Waals surface area contributed by atoms with Crippen LogP contribution >= 0.6 is 0 Å². The standard InChI is InChI=1S/C15H12F4N6O2/c16-11-8(15(17,18)19)1-2-9-10(11)12-20-7-21-25(12)13(22-9)23-3-5-24(6-4-23)14(26)27/h1-2,7H,3-6H2,(H,26,27). The zero-order chi connectivity index (χ0) is 19.3. The van der Waals surface area contributed by atoms with Crippen molar-refractivity contribution in [2.45, 2.75) is 6.18 Å². The molecule has 3 aromatic rings. The van der Waals surface area contributed by atoms with E-state index < -0.39 is 23.7 Å². The molecular formula is C15H12F4N6O2. The van der Waals surface area contributed by atoms with Gasteiger partial charge in [0.1, 0.15) is 12.1 Å². The van der Waals surface area contributed by atoms with Gasteiger partial charge in [0.05, 0.1) is 16.5 Å². The number of hydrogen-bond acceptors (Lipinski definition) is 5. The first-order valence-electron chi connectivity index (χ1n) is 7.89. The van der Waals surface area contributed by atoms with Crippen molar-refractivity contribution in [3.8, 4) is 0 Å². The van der Waals surface area contributed by atoms with E-state index in [2.05, 4.69) is 15.1 Å². The maximum Gasteiger partial charge on any atom is 0.419 e. The Balaban J connectivity index is 1.84. The summed E-state index contributed by atoms with van der Waals surface area (Å²) in [7, 11) is 0. The van der Waals surface area contributed by atoms with Crippen molar-refractivity contribution in [3.05, 3.63) is 29.8 Å². The number of benzene rings is 1. The number of halogens is 4. The normalized spacial score (nSPS) is 15.7. The van der Waals surface area contributed by atoms with Crippen LogP contribution in [-0.4, -0.2) is 61.9 Å². The van der Waals surface area contributed by atoms with Crippen LogP contribution in [0.2, 0.25) is 0 Å². The minimum Gasteiger partial charge on any atom is -0.465 e. The van der Waals surface area contributed by atoms with E-state index in [-0.39, 0.29) is 35.6 Å².